The van der Waals surface area contributed by atoms with E-state index in [1.807, 2.05) is 23.3 Å². The first-order valence-electron chi connectivity index (χ1n) is 8.02. The Hall–Kier alpha value is -1.73. The van der Waals surface area contributed by atoms with E-state index >= 15 is 0 Å². The lowest BCUT2D eigenvalue weighted by molar-refractivity contribution is 0.0520. The second kappa shape index (κ2) is 7.44. The standard InChI is InChI=1S/C17H20N2O3S2/c1-3-22-17(21)14-10-24-15(18-14)7-12-4-5-19(8-12)16(20)13-6-11(2)23-9-13/h6,9-10,12H,3-5,7-8H2,1-2H3. The van der Waals surface area contributed by atoms with Crippen molar-refractivity contribution in [1.29, 1.82) is 0 Å². The quantitative estimate of drug-likeness (QED) is 0.763. The van der Waals surface area contributed by atoms with Crippen molar-refractivity contribution in [2.45, 2.75) is 26.7 Å². The van der Waals surface area contributed by atoms with E-state index < -0.39 is 0 Å². The number of aromatic nitrogens is 1. The van der Waals surface area contributed by atoms with Crippen molar-refractivity contribution in [2.75, 3.05) is 19.7 Å². The van der Waals surface area contributed by atoms with Crippen LogP contribution in [0.1, 0.15) is 44.1 Å². The number of nitrogens with zero attached hydrogens (tertiary/aromatic N) is 2. The van der Waals surface area contributed by atoms with Gasteiger partial charge in [0.25, 0.3) is 5.91 Å². The number of likely N-dealkylation sites (tertiary alicyclic amines) is 1. The molecule has 2 aromatic heterocycles. The molecule has 1 saturated heterocycles. The third-order valence-corrected chi connectivity index (χ3v) is 5.78. The lowest BCUT2D eigenvalue weighted by Crippen LogP contribution is -2.28. The van der Waals surface area contributed by atoms with E-state index in [2.05, 4.69) is 4.98 Å². The number of rotatable bonds is 5. The summed E-state index contributed by atoms with van der Waals surface area (Å²) in [7, 11) is 0. The molecule has 0 spiro atoms. The number of ether oxygens (including phenoxy) is 1. The van der Waals surface area contributed by atoms with Crippen molar-refractivity contribution in [3.63, 3.8) is 0 Å². The third kappa shape index (κ3) is 3.84. The van der Waals surface area contributed by atoms with Crippen LogP contribution < -0.4 is 0 Å². The van der Waals surface area contributed by atoms with E-state index in [-0.39, 0.29) is 11.9 Å². The molecule has 1 fully saturated rings. The highest BCUT2D eigenvalue weighted by atomic mass is 32.1. The number of esters is 1. The zero-order valence-corrected chi connectivity index (χ0v) is 15.4. The molecule has 0 N–H and O–H groups in total. The molecule has 0 radical (unpaired) electrons. The van der Waals surface area contributed by atoms with Crippen molar-refractivity contribution < 1.29 is 14.3 Å². The first kappa shape index (κ1) is 17.1. The maximum absolute atomic E-state index is 12.5. The van der Waals surface area contributed by atoms with Crippen LogP contribution >= 0.6 is 22.7 Å². The number of carbonyl (C=O) groups is 2. The number of carbonyl (C=O) groups excluding carboxylic acids is 2. The molecule has 0 saturated carbocycles. The molecule has 1 atom stereocenters. The fraction of sp³-hybridized carbons (Fsp3) is 0.471. The van der Waals surface area contributed by atoms with E-state index in [1.165, 1.54) is 11.3 Å². The van der Waals surface area contributed by atoms with Crippen LogP contribution in [0.3, 0.4) is 0 Å². The predicted molar refractivity (Wildman–Crippen MR) is 94.8 cm³/mol. The Morgan fingerprint density at radius 2 is 2.21 bits per heavy atom. The van der Waals surface area contributed by atoms with Gasteiger partial charge in [0.2, 0.25) is 0 Å². The summed E-state index contributed by atoms with van der Waals surface area (Å²) in [4.78, 5) is 31.6. The van der Waals surface area contributed by atoms with Crippen molar-refractivity contribution >= 4 is 34.6 Å². The minimum Gasteiger partial charge on any atom is -0.461 e. The van der Waals surface area contributed by atoms with Gasteiger partial charge in [0, 0.05) is 35.1 Å². The SMILES string of the molecule is CCOC(=O)c1csc(CC2CCN(C(=O)c3csc(C)c3)C2)n1. The molecule has 1 aliphatic heterocycles. The van der Waals surface area contributed by atoms with Gasteiger partial charge in [0.15, 0.2) is 5.69 Å². The van der Waals surface area contributed by atoms with Gasteiger partial charge in [-0.25, -0.2) is 9.78 Å². The number of amides is 1. The fourth-order valence-corrected chi connectivity index (χ4v) is 4.43. The van der Waals surface area contributed by atoms with Crippen LogP contribution in [-0.2, 0) is 11.2 Å². The Bertz CT molecular complexity index is 738. The van der Waals surface area contributed by atoms with Crippen molar-refractivity contribution in [1.82, 2.24) is 9.88 Å². The summed E-state index contributed by atoms with van der Waals surface area (Å²) >= 11 is 3.09. The van der Waals surface area contributed by atoms with Crippen LogP contribution in [0.25, 0.3) is 0 Å². The molecule has 24 heavy (non-hydrogen) atoms. The first-order chi connectivity index (χ1) is 11.6. The fourth-order valence-electron chi connectivity index (χ4n) is 2.87. The highest BCUT2D eigenvalue weighted by Crippen LogP contribution is 2.25. The van der Waals surface area contributed by atoms with Crippen LogP contribution in [-0.4, -0.2) is 41.5 Å². The topological polar surface area (TPSA) is 59.5 Å². The largest absolute Gasteiger partial charge is 0.461 e. The molecule has 3 heterocycles. The summed E-state index contributed by atoms with van der Waals surface area (Å²) in [5.41, 5.74) is 1.17. The number of thiazole rings is 1. The van der Waals surface area contributed by atoms with Crippen molar-refractivity contribution in [3.8, 4) is 0 Å². The van der Waals surface area contributed by atoms with E-state index in [1.54, 1.807) is 23.6 Å². The summed E-state index contributed by atoms with van der Waals surface area (Å²) in [6.45, 7) is 5.69. The van der Waals surface area contributed by atoms with Crippen molar-refractivity contribution in [2.24, 2.45) is 5.92 Å². The molecule has 5 nitrogen and oxygen atoms in total. The Labute approximate surface area is 149 Å². The molecule has 0 aromatic carbocycles. The molecule has 128 valence electrons. The van der Waals surface area contributed by atoms with Crippen LogP contribution in [0.15, 0.2) is 16.8 Å². The van der Waals surface area contributed by atoms with Crippen LogP contribution in [0.2, 0.25) is 0 Å². The summed E-state index contributed by atoms with van der Waals surface area (Å²) in [6.07, 6.45) is 1.78. The lowest BCUT2D eigenvalue weighted by atomic mass is 10.1. The highest BCUT2D eigenvalue weighted by molar-refractivity contribution is 7.10. The summed E-state index contributed by atoms with van der Waals surface area (Å²) in [5, 5.41) is 4.61. The Balaban J connectivity index is 1.56. The first-order valence-corrected chi connectivity index (χ1v) is 9.78. The van der Waals surface area contributed by atoms with Gasteiger partial charge in [0.1, 0.15) is 0 Å². The number of hydrogen-bond acceptors (Lipinski definition) is 6. The van der Waals surface area contributed by atoms with E-state index in [4.69, 9.17) is 4.74 Å². The molecule has 2 aromatic rings. The van der Waals surface area contributed by atoms with Gasteiger partial charge < -0.3 is 9.64 Å². The molecule has 0 aliphatic carbocycles. The number of aryl methyl sites for hydroxylation is 1. The van der Waals surface area contributed by atoms with Crippen molar-refractivity contribution in [3.05, 3.63) is 38.0 Å². The maximum atomic E-state index is 12.5. The molecule has 3 rings (SSSR count). The molecule has 1 unspecified atom stereocenters. The normalized spacial score (nSPS) is 17.2. The van der Waals surface area contributed by atoms with Gasteiger partial charge >= 0.3 is 5.97 Å². The zero-order chi connectivity index (χ0) is 17.1. The van der Waals surface area contributed by atoms with Crippen LogP contribution in [0, 0.1) is 12.8 Å². The van der Waals surface area contributed by atoms with E-state index in [0.717, 1.165) is 41.4 Å². The minimum atomic E-state index is -0.365. The smallest absolute Gasteiger partial charge is 0.357 e. The highest BCUT2D eigenvalue weighted by Gasteiger charge is 2.28. The Morgan fingerprint density at radius 3 is 2.92 bits per heavy atom. The predicted octanol–water partition coefficient (Wildman–Crippen LogP) is 3.39. The second-order valence-electron chi connectivity index (χ2n) is 5.90. The molecular formula is C17H20N2O3S2. The van der Waals surface area contributed by atoms with Gasteiger partial charge in [0.05, 0.1) is 17.2 Å². The summed E-state index contributed by atoms with van der Waals surface area (Å²) in [6, 6.07) is 1.95. The monoisotopic (exact) mass is 364 g/mol. The van der Waals surface area contributed by atoms with Crippen LogP contribution in [0.4, 0.5) is 0 Å². The third-order valence-electron chi connectivity index (χ3n) is 4.05. The number of hydrogen-bond donors (Lipinski definition) is 0. The maximum Gasteiger partial charge on any atom is 0.357 e. The van der Waals surface area contributed by atoms with Gasteiger partial charge in [-0.2, -0.15) is 0 Å². The summed E-state index contributed by atoms with van der Waals surface area (Å²) in [5.74, 6) is 0.152. The molecule has 1 aliphatic rings. The van der Waals surface area contributed by atoms with Gasteiger partial charge in [-0.15, -0.1) is 22.7 Å². The molecule has 1 amide bonds. The average molecular weight is 364 g/mol. The van der Waals surface area contributed by atoms with E-state index in [9.17, 15) is 9.59 Å². The second-order valence-corrected chi connectivity index (χ2v) is 7.96. The van der Waals surface area contributed by atoms with Gasteiger partial charge in [-0.05, 0) is 32.3 Å². The minimum absolute atomic E-state index is 0.119. The summed E-state index contributed by atoms with van der Waals surface area (Å²) < 4.78 is 4.96. The molecule has 0 bridgehead atoms. The molecular weight excluding hydrogens is 344 g/mol. The zero-order valence-electron chi connectivity index (χ0n) is 13.8. The lowest BCUT2D eigenvalue weighted by Gasteiger charge is -2.15. The Morgan fingerprint density at radius 1 is 1.38 bits per heavy atom. The van der Waals surface area contributed by atoms with Crippen LogP contribution in [0.5, 0.6) is 0 Å². The van der Waals surface area contributed by atoms with Gasteiger partial charge in [-0.1, -0.05) is 0 Å². The average Bonchev–Trinajstić information content (AvgIpc) is 3.28. The van der Waals surface area contributed by atoms with Gasteiger partial charge in [-0.3, -0.25) is 4.79 Å². The van der Waals surface area contributed by atoms with E-state index in [0.29, 0.717) is 18.2 Å². The Kier molecular flexibility index (Phi) is 5.30. The molecule has 7 heteroatoms. The number of thiophene rings is 1.